The molecule has 1 saturated carbocycles. The largest absolute Gasteiger partial charge is 0.418 e. The van der Waals surface area contributed by atoms with Gasteiger partial charge >= 0.3 is 6.18 Å². The molecule has 1 amide bonds. The van der Waals surface area contributed by atoms with Crippen LogP contribution in [0, 0.1) is 5.82 Å². The average molecular weight is 380 g/mol. The molecule has 1 aliphatic rings. The van der Waals surface area contributed by atoms with E-state index in [4.69, 9.17) is 0 Å². The summed E-state index contributed by atoms with van der Waals surface area (Å²) in [6.07, 6.45) is -2.79. The van der Waals surface area contributed by atoms with Crippen LogP contribution in [0.15, 0.2) is 48.5 Å². The van der Waals surface area contributed by atoms with Crippen LogP contribution in [0.1, 0.15) is 36.9 Å². The van der Waals surface area contributed by atoms with Crippen molar-refractivity contribution in [1.82, 2.24) is 4.90 Å². The van der Waals surface area contributed by atoms with E-state index in [-0.39, 0.29) is 30.1 Å². The number of nitrogens with one attached hydrogen (secondary N) is 1. The number of carbonyl (C=O) groups is 1. The van der Waals surface area contributed by atoms with Crippen molar-refractivity contribution in [3.63, 3.8) is 0 Å². The molecule has 7 heteroatoms. The molecular weight excluding hydrogens is 360 g/mol. The highest BCUT2D eigenvalue weighted by atomic mass is 19.4. The van der Waals surface area contributed by atoms with Gasteiger partial charge in [0.05, 0.1) is 17.8 Å². The number of carbonyl (C=O) groups excluding carboxylic acids is 1. The lowest BCUT2D eigenvalue weighted by atomic mass is 10.1. The van der Waals surface area contributed by atoms with E-state index in [1.165, 1.54) is 24.3 Å². The minimum Gasteiger partial charge on any atom is -0.324 e. The van der Waals surface area contributed by atoms with E-state index >= 15 is 0 Å². The zero-order valence-corrected chi connectivity index (χ0v) is 14.8. The summed E-state index contributed by atoms with van der Waals surface area (Å²) >= 11 is 0. The quantitative estimate of drug-likeness (QED) is 0.715. The Kier molecular flexibility index (Phi) is 5.51. The van der Waals surface area contributed by atoms with Crippen LogP contribution >= 0.6 is 0 Å². The second-order valence-electron chi connectivity index (χ2n) is 6.69. The number of halogens is 4. The third kappa shape index (κ3) is 4.66. The Bertz CT molecular complexity index is 818. The molecule has 27 heavy (non-hydrogen) atoms. The topological polar surface area (TPSA) is 32.3 Å². The summed E-state index contributed by atoms with van der Waals surface area (Å²) < 4.78 is 53.4. The van der Waals surface area contributed by atoms with E-state index in [9.17, 15) is 22.4 Å². The van der Waals surface area contributed by atoms with E-state index in [0.717, 1.165) is 18.9 Å². The molecule has 0 aromatic heterocycles. The maximum Gasteiger partial charge on any atom is 0.418 e. The van der Waals surface area contributed by atoms with E-state index in [1.54, 1.807) is 25.1 Å². The number of hydrogen-bond donors (Lipinski definition) is 1. The smallest absolute Gasteiger partial charge is 0.324 e. The van der Waals surface area contributed by atoms with E-state index in [2.05, 4.69) is 5.32 Å². The molecule has 0 saturated heterocycles. The van der Waals surface area contributed by atoms with Crippen LogP contribution in [0.5, 0.6) is 0 Å². The van der Waals surface area contributed by atoms with E-state index in [1.807, 2.05) is 4.90 Å². The minimum absolute atomic E-state index is 0.105. The van der Waals surface area contributed by atoms with Crippen molar-refractivity contribution in [3.05, 3.63) is 65.5 Å². The molecule has 2 aromatic carbocycles. The highest BCUT2D eigenvalue weighted by molar-refractivity contribution is 5.93. The third-order valence-corrected chi connectivity index (χ3v) is 4.70. The van der Waals surface area contributed by atoms with Gasteiger partial charge in [-0.15, -0.1) is 0 Å². The Balaban J connectivity index is 1.75. The average Bonchev–Trinajstić information content (AvgIpc) is 3.44. The molecule has 1 N–H and O–H groups in total. The first-order chi connectivity index (χ1) is 12.8. The first-order valence-corrected chi connectivity index (χ1v) is 8.73. The van der Waals surface area contributed by atoms with Crippen molar-refractivity contribution in [1.29, 1.82) is 0 Å². The second kappa shape index (κ2) is 7.68. The maximum absolute atomic E-state index is 14.1. The van der Waals surface area contributed by atoms with Crippen molar-refractivity contribution >= 4 is 11.6 Å². The van der Waals surface area contributed by atoms with Crippen LogP contribution < -0.4 is 5.32 Å². The number of para-hydroxylation sites is 1. The molecule has 3 rings (SSSR count). The summed E-state index contributed by atoms with van der Waals surface area (Å²) in [7, 11) is 0. The minimum atomic E-state index is -4.56. The van der Waals surface area contributed by atoms with Gasteiger partial charge in [-0.25, -0.2) is 4.39 Å². The van der Waals surface area contributed by atoms with E-state index in [0.29, 0.717) is 5.56 Å². The Morgan fingerprint density at radius 2 is 1.78 bits per heavy atom. The van der Waals surface area contributed by atoms with Crippen molar-refractivity contribution in [2.24, 2.45) is 0 Å². The summed E-state index contributed by atoms with van der Waals surface area (Å²) in [5.74, 6) is -0.916. The zero-order chi connectivity index (χ0) is 19.6. The molecule has 0 spiro atoms. The molecule has 1 atom stereocenters. The van der Waals surface area contributed by atoms with Gasteiger partial charge in [0.1, 0.15) is 5.82 Å². The molecule has 0 aliphatic heterocycles. The lowest BCUT2D eigenvalue weighted by Gasteiger charge is -2.29. The zero-order valence-electron chi connectivity index (χ0n) is 14.8. The monoisotopic (exact) mass is 380 g/mol. The molecule has 0 radical (unpaired) electrons. The molecule has 2 aromatic rings. The predicted molar refractivity (Wildman–Crippen MR) is 94.6 cm³/mol. The molecule has 1 unspecified atom stereocenters. The van der Waals surface area contributed by atoms with Crippen LogP contribution in [-0.2, 0) is 11.0 Å². The summed E-state index contributed by atoms with van der Waals surface area (Å²) in [5, 5.41) is 2.36. The highest BCUT2D eigenvalue weighted by Crippen LogP contribution is 2.36. The van der Waals surface area contributed by atoms with Gasteiger partial charge in [0.15, 0.2) is 0 Å². The number of hydrogen-bond acceptors (Lipinski definition) is 2. The van der Waals surface area contributed by atoms with Crippen LogP contribution in [-0.4, -0.2) is 23.4 Å². The molecule has 0 heterocycles. The molecular formula is C20H20F4N2O. The summed E-state index contributed by atoms with van der Waals surface area (Å²) in [5.41, 5.74) is -0.698. The van der Waals surface area contributed by atoms with Crippen molar-refractivity contribution in [2.75, 3.05) is 11.9 Å². The Hall–Kier alpha value is -2.41. The number of anilines is 1. The first-order valence-electron chi connectivity index (χ1n) is 8.73. The number of amides is 1. The second-order valence-corrected chi connectivity index (χ2v) is 6.69. The highest BCUT2D eigenvalue weighted by Gasteiger charge is 2.36. The fraction of sp³-hybridized carbons (Fsp3) is 0.350. The first kappa shape index (κ1) is 19.4. The van der Waals surface area contributed by atoms with Crippen LogP contribution in [0.3, 0.4) is 0 Å². The fourth-order valence-corrected chi connectivity index (χ4v) is 3.18. The molecule has 0 bridgehead atoms. The van der Waals surface area contributed by atoms with E-state index < -0.39 is 17.6 Å². The van der Waals surface area contributed by atoms with Gasteiger partial charge in [0.2, 0.25) is 5.91 Å². The molecule has 144 valence electrons. The van der Waals surface area contributed by atoms with Gasteiger partial charge in [0, 0.05) is 17.6 Å². The Labute approximate surface area is 155 Å². The number of rotatable bonds is 6. The summed E-state index contributed by atoms with van der Waals surface area (Å²) in [6.45, 7) is 1.69. The fourth-order valence-electron chi connectivity index (χ4n) is 3.18. The molecule has 1 fully saturated rings. The van der Waals surface area contributed by atoms with Gasteiger partial charge in [-0.3, -0.25) is 9.69 Å². The summed E-state index contributed by atoms with van der Waals surface area (Å²) in [4.78, 5) is 14.3. The Morgan fingerprint density at radius 3 is 2.41 bits per heavy atom. The normalized spacial score (nSPS) is 15.6. The van der Waals surface area contributed by atoms with Gasteiger partial charge in [0.25, 0.3) is 0 Å². The lowest BCUT2D eigenvalue weighted by molar-refractivity contribution is -0.137. The van der Waals surface area contributed by atoms with Crippen molar-refractivity contribution < 1.29 is 22.4 Å². The Morgan fingerprint density at radius 1 is 1.15 bits per heavy atom. The van der Waals surface area contributed by atoms with Crippen molar-refractivity contribution in [2.45, 2.75) is 38.0 Å². The van der Waals surface area contributed by atoms with Gasteiger partial charge in [-0.05, 0) is 38.0 Å². The predicted octanol–water partition coefficient (Wildman–Crippen LogP) is 5.01. The third-order valence-electron chi connectivity index (χ3n) is 4.70. The summed E-state index contributed by atoms with van der Waals surface area (Å²) in [6, 6.07) is 11.0. The maximum atomic E-state index is 14.1. The molecule has 1 aliphatic carbocycles. The number of alkyl halides is 3. The van der Waals surface area contributed by atoms with Crippen LogP contribution in [0.2, 0.25) is 0 Å². The number of nitrogens with zero attached hydrogens (tertiary/aromatic N) is 1. The number of benzene rings is 2. The standard InChI is InChI=1S/C20H20F4N2O/c1-13(15-6-2-4-8-17(15)21)26(14-10-11-14)12-19(27)25-18-9-5-3-7-16(18)20(22,23)24/h2-9,13-14H,10-12H2,1H3,(H,25,27). The van der Waals surface area contributed by atoms with Crippen molar-refractivity contribution in [3.8, 4) is 0 Å². The van der Waals surface area contributed by atoms with Crippen LogP contribution in [0.4, 0.5) is 23.2 Å². The van der Waals surface area contributed by atoms with Gasteiger partial charge in [-0.2, -0.15) is 13.2 Å². The lowest BCUT2D eigenvalue weighted by Crippen LogP contribution is -2.37. The molecule has 3 nitrogen and oxygen atoms in total. The van der Waals surface area contributed by atoms with Gasteiger partial charge < -0.3 is 5.32 Å². The van der Waals surface area contributed by atoms with Gasteiger partial charge in [-0.1, -0.05) is 30.3 Å². The SMILES string of the molecule is CC(c1ccccc1F)N(CC(=O)Nc1ccccc1C(F)(F)F)C1CC1. The van der Waals surface area contributed by atoms with Crippen LogP contribution in [0.25, 0.3) is 0 Å².